The molecule has 2 nitrogen and oxygen atoms in total. The standard InChI is InChI=1S/C15H26O2/c1-12(2)14-11-15(16,9-10-17-14)13-7-5-3-4-6-8-13/h7,12,14,16H,3-6,8-11H2,1-2H3. The molecule has 0 aromatic carbocycles. The maximum absolute atomic E-state index is 10.9. The second-order valence-corrected chi connectivity index (χ2v) is 5.97. The summed E-state index contributed by atoms with van der Waals surface area (Å²) < 4.78 is 5.77. The van der Waals surface area contributed by atoms with Gasteiger partial charge in [0, 0.05) is 12.8 Å². The summed E-state index contributed by atoms with van der Waals surface area (Å²) in [5, 5.41) is 10.9. The highest BCUT2D eigenvalue weighted by Gasteiger charge is 2.38. The maximum atomic E-state index is 10.9. The average molecular weight is 238 g/mol. The van der Waals surface area contributed by atoms with Gasteiger partial charge in [-0.15, -0.1) is 0 Å². The highest BCUT2D eigenvalue weighted by atomic mass is 16.5. The summed E-state index contributed by atoms with van der Waals surface area (Å²) in [6, 6.07) is 0. The van der Waals surface area contributed by atoms with Gasteiger partial charge in [-0.3, -0.25) is 0 Å². The van der Waals surface area contributed by atoms with Crippen molar-refractivity contribution in [2.75, 3.05) is 6.61 Å². The zero-order valence-corrected chi connectivity index (χ0v) is 11.2. The fourth-order valence-corrected chi connectivity index (χ4v) is 3.03. The predicted octanol–water partition coefficient (Wildman–Crippen LogP) is 3.44. The number of allylic oxidation sites excluding steroid dienone is 1. The second-order valence-electron chi connectivity index (χ2n) is 5.97. The lowest BCUT2D eigenvalue weighted by molar-refractivity contribution is -0.101. The molecule has 2 aliphatic rings. The van der Waals surface area contributed by atoms with Gasteiger partial charge in [-0.2, -0.15) is 0 Å². The molecule has 0 radical (unpaired) electrons. The molecule has 1 N–H and O–H groups in total. The van der Waals surface area contributed by atoms with Gasteiger partial charge in [0.1, 0.15) is 0 Å². The third-order valence-electron chi connectivity index (χ3n) is 4.27. The molecule has 0 spiro atoms. The van der Waals surface area contributed by atoms with Crippen molar-refractivity contribution in [3.8, 4) is 0 Å². The quantitative estimate of drug-likeness (QED) is 0.747. The summed E-state index contributed by atoms with van der Waals surface area (Å²) in [6.07, 6.45) is 10.1. The second kappa shape index (κ2) is 5.53. The van der Waals surface area contributed by atoms with Crippen LogP contribution >= 0.6 is 0 Å². The summed E-state index contributed by atoms with van der Waals surface area (Å²) in [4.78, 5) is 0. The molecule has 2 rings (SSSR count). The van der Waals surface area contributed by atoms with Crippen molar-refractivity contribution in [2.24, 2.45) is 5.92 Å². The van der Waals surface area contributed by atoms with E-state index < -0.39 is 5.60 Å². The molecule has 1 aliphatic carbocycles. The van der Waals surface area contributed by atoms with Crippen LogP contribution in [0.15, 0.2) is 11.6 Å². The van der Waals surface area contributed by atoms with Gasteiger partial charge in [0.05, 0.1) is 18.3 Å². The Kier molecular flexibility index (Phi) is 4.26. The molecule has 2 heteroatoms. The van der Waals surface area contributed by atoms with E-state index in [9.17, 15) is 5.11 Å². The lowest BCUT2D eigenvalue weighted by Crippen LogP contribution is -2.44. The van der Waals surface area contributed by atoms with Gasteiger partial charge in [0.25, 0.3) is 0 Å². The Labute approximate surface area is 105 Å². The van der Waals surface area contributed by atoms with Gasteiger partial charge in [-0.25, -0.2) is 0 Å². The summed E-state index contributed by atoms with van der Waals surface area (Å²) in [6.45, 7) is 5.06. The minimum Gasteiger partial charge on any atom is -0.385 e. The molecule has 2 unspecified atom stereocenters. The van der Waals surface area contributed by atoms with Gasteiger partial charge >= 0.3 is 0 Å². The fourth-order valence-electron chi connectivity index (χ4n) is 3.03. The van der Waals surface area contributed by atoms with E-state index in [1.54, 1.807) is 0 Å². The van der Waals surface area contributed by atoms with E-state index in [1.165, 1.54) is 24.8 Å². The summed E-state index contributed by atoms with van der Waals surface area (Å²) in [7, 11) is 0. The monoisotopic (exact) mass is 238 g/mol. The predicted molar refractivity (Wildman–Crippen MR) is 69.9 cm³/mol. The SMILES string of the molecule is CC(C)C1CC(O)(C2=CCCCCC2)CCO1. The minimum atomic E-state index is -0.572. The van der Waals surface area contributed by atoms with Gasteiger partial charge in [0.15, 0.2) is 0 Å². The Hall–Kier alpha value is -0.340. The Balaban J connectivity index is 2.08. The van der Waals surface area contributed by atoms with Crippen molar-refractivity contribution >= 4 is 0 Å². The summed E-state index contributed by atoms with van der Waals surface area (Å²) in [5.41, 5.74) is 0.723. The maximum Gasteiger partial charge on any atom is 0.0903 e. The zero-order chi connectivity index (χ0) is 12.3. The van der Waals surface area contributed by atoms with Crippen LogP contribution in [-0.2, 0) is 4.74 Å². The van der Waals surface area contributed by atoms with Gasteiger partial charge < -0.3 is 9.84 Å². The first-order chi connectivity index (χ1) is 8.12. The van der Waals surface area contributed by atoms with Crippen LogP contribution in [0.25, 0.3) is 0 Å². The highest BCUT2D eigenvalue weighted by Crippen LogP contribution is 2.37. The Morgan fingerprint density at radius 2 is 2.18 bits per heavy atom. The van der Waals surface area contributed by atoms with Crippen molar-refractivity contribution in [3.05, 3.63) is 11.6 Å². The molecule has 98 valence electrons. The van der Waals surface area contributed by atoms with Crippen molar-refractivity contribution in [2.45, 2.75) is 70.5 Å². The van der Waals surface area contributed by atoms with Gasteiger partial charge in [0.2, 0.25) is 0 Å². The van der Waals surface area contributed by atoms with Crippen molar-refractivity contribution < 1.29 is 9.84 Å². The first kappa shape index (κ1) is 13.1. The van der Waals surface area contributed by atoms with E-state index in [-0.39, 0.29) is 6.10 Å². The lowest BCUT2D eigenvalue weighted by atomic mass is 9.79. The van der Waals surface area contributed by atoms with Crippen LogP contribution < -0.4 is 0 Å². The topological polar surface area (TPSA) is 29.5 Å². The van der Waals surface area contributed by atoms with E-state index in [0.29, 0.717) is 12.5 Å². The van der Waals surface area contributed by atoms with Crippen molar-refractivity contribution in [1.82, 2.24) is 0 Å². The molecule has 0 aromatic heterocycles. The van der Waals surface area contributed by atoms with Crippen LogP contribution in [0.2, 0.25) is 0 Å². The van der Waals surface area contributed by atoms with Gasteiger partial charge in [-0.1, -0.05) is 26.3 Å². The van der Waals surface area contributed by atoms with Crippen molar-refractivity contribution in [3.63, 3.8) is 0 Å². The third kappa shape index (κ3) is 3.11. The Bertz CT molecular complexity index is 283. The molecule has 2 atom stereocenters. The minimum absolute atomic E-state index is 0.220. The average Bonchev–Trinajstić information content (AvgIpc) is 2.58. The number of hydrogen-bond acceptors (Lipinski definition) is 2. The lowest BCUT2D eigenvalue weighted by Gasteiger charge is -2.40. The Morgan fingerprint density at radius 3 is 2.94 bits per heavy atom. The molecule has 0 aromatic rings. The molecule has 0 bridgehead atoms. The molecule has 0 amide bonds. The first-order valence-electron chi connectivity index (χ1n) is 7.15. The van der Waals surface area contributed by atoms with Gasteiger partial charge in [-0.05, 0) is 37.2 Å². The van der Waals surface area contributed by atoms with Crippen LogP contribution in [0.4, 0.5) is 0 Å². The molecule has 1 aliphatic heterocycles. The molecule has 1 fully saturated rings. The number of aliphatic hydroxyl groups is 1. The zero-order valence-electron chi connectivity index (χ0n) is 11.2. The smallest absolute Gasteiger partial charge is 0.0903 e. The molecular weight excluding hydrogens is 212 g/mol. The van der Waals surface area contributed by atoms with Crippen LogP contribution in [0, 0.1) is 5.92 Å². The summed E-state index contributed by atoms with van der Waals surface area (Å²) in [5.74, 6) is 0.494. The van der Waals surface area contributed by atoms with E-state index >= 15 is 0 Å². The van der Waals surface area contributed by atoms with Crippen LogP contribution in [0.5, 0.6) is 0 Å². The highest BCUT2D eigenvalue weighted by molar-refractivity contribution is 5.19. The van der Waals surface area contributed by atoms with Crippen LogP contribution in [-0.4, -0.2) is 23.4 Å². The molecule has 0 saturated carbocycles. The van der Waals surface area contributed by atoms with E-state index in [1.807, 2.05) is 0 Å². The summed E-state index contributed by atoms with van der Waals surface area (Å²) >= 11 is 0. The van der Waals surface area contributed by atoms with E-state index in [2.05, 4.69) is 19.9 Å². The normalized spacial score (nSPS) is 35.5. The molecule has 1 saturated heterocycles. The fraction of sp³-hybridized carbons (Fsp3) is 0.867. The first-order valence-corrected chi connectivity index (χ1v) is 7.15. The van der Waals surface area contributed by atoms with Crippen LogP contribution in [0.3, 0.4) is 0 Å². The number of rotatable bonds is 2. The number of ether oxygens (including phenoxy) is 1. The van der Waals surface area contributed by atoms with E-state index in [0.717, 1.165) is 25.7 Å². The number of hydrogen-bond donors (Lipinski definition) is 1. The molecule has 1 heterocycles. The van der Waals surface area contributed by atoms with Crippen molar-refractivity contribution in [1.29, 1.82) is 0 Å². The Morgan fingerprint density at radius 1 is 1.35 bits per heavy atom. The largest absolute Gasteiger partial charge is 0.385 e. The third-order valence-corrected chi connectivity index (χ3v) is 4.27. The van der Waals surface area contributed by atoms with Crippen LogP contribution in [0.1, 0.15) is 58.8 Å². The molecule has 17 heavy (non-hydrogen) atoms. The molecular formula is C15H26O2. The van der Waals surface area contributed by atoms with E-state index in [4.69, 9.17) is 4.74 Å².